The van der Waals surface area contributed by atoms with E-state index in [1.165, 1.54) is 6.20 Å². The zero-order valence-corrected chi connectivity index (χ0v) is 5.94. The molecule has 0 aromatic heterocycles. The van der Waals surface area contributed by atoms with Crippen molar-refractivity contribution in [1.29, 1.82) is 0 Å². The first-order chi connectivity index (χ1) is 4.16. The van der Waals surface area contributed by atoms with Gasteiger partial charge in [-0.1, -0.05) is 13.2 Å². The number of rotatable bonds is 2. The molecule has 0 fully saturated rings. The molecule has 0 aromatic rings. The van der Waals surface area contributed by atoms with Crippen LogP contribution in [0.25, 0.3) is 0 Å². The number of nitrogens with one attached hydrogen (secondary N) is 1. The van der Waals surface area contributed by atoms with Crippen molar-refractivity contribution in [2.24, 2.45) is 4.99 Å². The van der Waals surface area contributed by atoms with Gasteiger partial charge in [0.25, 0.3) is 0 Å². The van der Waals surface area contributed by atoms with Crippen molar-refractivity contribution in [3.63, 3.8) is 0 Å². The molecule has 0 aliphatic carbocycles. The van der Waals surface area contributed by atoms with E-state index in [4.69, 9.17) is 0 Å². The third-order valence-corrected chi connectivity index (χ3v) is 0.679. The van der Waals surface area contributed by atoms with Gasteiger partial charge in [-0.15, -0.1) is 0 Å². The van der Waals surface area contributed by atoms with Crippen molar-refractivity contribution in [3.05, 3.63) is 25.1 Å². The van der Waals surface area contributed by atoms with Gasteiger partial charge in [0.2, 0.25) is 0 Å². The monoisotopic (exact) mass is 126 g/mol. The van der Waals surface area contributed by atoms with Gasteiger partial charge in [-0.3, -0.25) is 0 Å². The number of amidine groups is 1. The van der Waals surface area contributed by atoms with E-state index in [1.807, 2.05) is 13.8 Å². The van der Waals surface area contributed by atoms with Gasteiger partial charge in [-0.25, -0.2) is 4.99 Å². The van der Waals surface area contributed by atoms with Crippen LogP contribution in [0.5, 0.6) is 0 Å². The Kier molecular flexibility index (Phi) is 3.44. The van der Waals surface area contributed by atoms with Crippen molar-refractivity contribution in [2.45, 2.75) is 13.8 Å². The third-order valence-electron chi connectivity index (χ3n) is 0.679. The molecule has 0 aliphatic rings. The molecule has 0 spiro atoms. The summed E-state index contributed by atoms with van der Waals surface area (Å²) in [6, 6.07) is 0. The smallest absolute Gasteiger partial charge is 0.102 e. The molecule has 0 aliphatic heterocycles. The van der Waals surface area contributed by atoms with Gasteiger partial charge >= 0.3 is 0 Å². The Morgan fingerprint density at radius 2 is 2.22 bits per heavy atom. The maximum absolute atomic E-state index is 3.87. The maximum Gasteiger partial charge on any atom is 0.102 e. The van der Waals surface area contributed by atoms with Crippen LogP contribution in [0.4, 0.5) is 0 Å². The van der Waals surface area contributed by atoms with Crippen LogP contribution in [-0.2, 0) is 0 Å². The van der Waals surface area contributed by atoms with E-state index in [-0.39, 0.29) is 1.43 Å². The molecule has 2 heteroatoms. The van der Waals surface area contributed by atoms with E-state index in [2.05, 4.69) is 23.5 Å². The highest BCUT2D eigenvalue weighted by atomic mass is 15.0. The van der Waals surface area contributed by atoms with E-state index in [9.17, 15) is 0 Å². The Balaban J connectivity index is 0. The second-order valence-electron chi connectivity index (χ2n) is 1.80. The third kappa shape index (κ3) is 4.81. The minimum atomic E-state index is 0. The summed E-state index contributed by atoms with van der Waals surface area (Å²) in [4.78, 5) is 3.87. The normalized spacial score (nSPS) is 10.7. The number of aliphatic imine (C=N–C) groups is 1. The molecule has 0 radical (unpaired) electrons. The molecule has 2 nitrogen and oxygen atoms in total. The van der Waals surface area contributed by atoms with E-state index < -0.39 is 0 Å². The van der Waals surface area contributed by atoms with Crippen LogP contribution < -0.4 is 5.32 Å². The van der Waals surface area contributed by atoms with E-state index in [1.54, 1.807) is 0 Å². The van der Waals surface area contributed by atoms with Crippen LogP contribution in [0, 0.1) is 0 Å². The summed E-state index contributed by atoms with van der Waals surface area (Å²) in [5.74, 6) is 0.817. The van der Waals surface area contributed by atoms with Gasteiger partial charge in [0, 0.05) is 13.3 Å². The topological polar surface area (TPSA) is 24.4 Å². The summed E-state index contributed by atoms with van der Waals surface area (Å²) in [5, 5.41) is 2.93. The number of hydrogen-bond donors (Lipinski definition) is 1. The highest BCUT2D eigenvalue weighted by molar-refractivity contribution is 5.81. The molecule has 0 amide bonds. The van der Waals surface area contributed by atoms with Crippen LogP contribution in [0.1, 0.15) is 15.3 Å². The molecular formula is C7H14N2. The molecular weight excluding hydrogens is 112 g/mol. The lowest BCUT2D eigenvalue weighted by molar-refractivity contribution is 1.11. The molecule has 0 unspecified atom stereocenters. The average molecular weight is 126 g/mol. The van der Waals surface area contributed by atoms with Crippen LogP contribution in [0.15, 0.2) is 30.0 Å². The molecule has 0 saturated carbocycles. The Hall–Kier alpha value is -1.05. The largest absolute Gasteiger partial charge is 0.348 e. The molecule has 0 saturated heterocycles. The van der Waals surface area contributed by atoms with Crippen LogP contribution in [-0.4, -0.2) is 5.84 Å². The lowest BCUT2D eigenvalue weighted by Crippen LogP contribution is -2.16. The van der Waals surface area contributed by atoms with E-state index in [0.717, 1.165) is 11.5 Å². The molecule has 9 heavy (non-hydrogen) atoms. The fourth-order valence-corrected chi connectivity index (χ4v) is 0.478. The fourth-order valence-electron chi connectivity index (χ4n) is 0.478. The quantitative estimate of drug-likeness (QED) is 0.443. The first kappa shape index (κ1) is 7.95. The summed E-state index contributed by atoms with van der Waals surface area (Å²) in [6.45, 7) is 10.8. The van der Waals surface area contributed by atoms with Crippen molar-refractivity contribution >= 4 is 5.84 Å². The first-order valence-electron chi connectivity index (χ1n) is 2.74. The highest BCUT2D eigenvalue weighted by Crippen LogP contribution is 1.80. The molecule has 0 rings (SSSR count). The second kappa shape index (κ2) is 3.89. The van der Waals surface area contributed by atoms with E-state index >= 15 is 0 Å². The van der Waals surface area contributed by atoms with Crippen molar-refractivity contribution < 1.29 is 1.43 Å². The molecule has 0 bridgehead atoms. The standard InChI is InChI=1S/C7H12N2.H2/c1-5-8-7(4)9-6(2)3;/h5H,1-2H2,3-4H3,(H,8,9);1H. The van der Waals surface area contributed by atoms with Gasteiger partial charge in [-0.2, -0.15) is 0 Å². The van der Waals surface area contributed by atoms with Gasteiger partial charge in [0.05, 0.1) is 0 Å². The SMILES string of the molecule is C=CN=C(C)NC(=C)C.[HH]. The van der Waals surface area contributed by atoms with Crippen LogP contribution in [0.2, 0.25) is 0 Å². The molecule has 0 heterocycles. The first-order valence-corrected chi connectivity index (χ1v) is 2.74. The van der Waals surface area contributed by atoms with Gasteiger partial charge in [-0.05, 0) is 13.8 Å². The summed E-state index contributed by atoms with van der Waals surface area (Å²) in [5.41, 5.74) is 0.887. The summed E-state index contributed by atoms with van der Waals surface area (Å²) >= 11 is 0. The van der Waals surface area contributed by atoms with Crippen molar-refractivity contribution in [3.8, 4) is 0 Å². The van der Waals surface area contributed by atoms with Gasteiger partial charge in [0.15, 0.2) is 0 Å². The minimum absolute atomic E-state index is 0. The lowest BCUT2D eigenvalue weighted by Gasteiger charge is -2.00. The van der Waals surface area contributed by atoms with E-state index in [0.29, 0.717) is 0 Å². The van der Waals surface area contributed by atoms with Crippen LogP contribution >= 0.6 is 0 Å². The molecule has 0 atom stereocenters. The van der Waals surface area contributed by atoms with Crippen molar-refractivity contribution in [1.82, 2.24) is 5.32 Å². The Morgan fingerprint density at radius 3 is 2.56 bits per heavy atom. The summed E-state index contributed by atoms with van der Waals surface area (Å²) in [7, 11) is 0. The zero-order chi connectivity index (χ0) is 7.28. The van der Waals surface area contributed by atoms with Gasteiger partial charge < -0.3 is 5.32 Å². The fraction of sp³-hybridized carbons (Fsp3) is 0.286. The van der Waals surface area contributed by atoms with Crippen LogP contribution in [0.3, 0.4) is 0 Å². The number of allylic oxidation sites excluding steroid dienone is 1. The van der Waals surface area contributed by atoms with Gasteiger partial charge in [0.1, 0.15) is 5.84 Å². The Bertz CT molecular complexity index is 150. The minimum Gasteiger partial charge on any atom is -0.348 e. The average Bonchev–Trinajstić information content (AvgIpc) is 1.63. The summed E-state index contributed by atoms with van der Waals surface area (Å²) < 4.78 is 0. The number of hydrogen-bond acceptors (Lipinski definition) is 1. The number of nitrogens with zero attached hydrogens (tertiary/aromatic N) is 1. The predicted molar refractivity (Wildman–Crippen MR) is 43.4 cm³/mol. The summed E-state index contributed by atoms with van der Waals surface area (Å²) in [6.07, 6.45) is 1.49. The lowest BCUT2D eigenvalue weighted by atomic mass is 10.5. The highest BCUT2D eigenvalue weighted by Gasteiger charge is 1.83. The predicted octanol–water partition coefficient (Wildman–Crippen LogP) is 1.92. The second-order valence-corrected chi connectivity index (χ2v) is 1.80. The molecule has 1 N–H and O–H groups in total. The van der Waals surface area contributed by atoms with Crippen molar-refractivity contribution in [2.75, 3.05) is 0 Å². The molecule has 52 valence electrons. The molecule has 0 aromatic carbocycles. The maximum atomic E-state index is 3.87. The Labute approximate surface area is 57.5 Å². The Morgan fingerprint density at radius 1 is 1.67 bits per heavy atom. The zero-order valence-electron chi connectivity index (χ0n) is 5.94.